The Bertz CT molecular complexity index is 668. The van der Waals surface area contributed by atoms with Crippen LogP contribution in [0.25, 0.3) is 0 Å². The van der Waals surface area contributed by atoms with Crippen LogP contribution in [-0.2, 0) is 5.54 Å². The first kappa shape index (κ1) is 17.0. The van der Waals surface area contributed by atoms with E-state index >= 15 is 0 Å². The van der Waals surface area contributed by atoms with Gasteiger partial charge in [0.2, 0.25) is 0 Å². The quantitative estimate of drug-likeness (QED) is 0.531. The maximum Gasteiger partial charge on any atom is 0.253 e. The molecule has 2 nitrogen and oxygen atoms in total. The minimum absolute atomic E-state index is 0.0754. The third kappa shape index (κ3) is 4.29. The van der Waals surface area contributed by atoms with Crippen molar-refractivity contribution in [3.63, 3.8) is 0 Å². The summed E-state index contributed by atoms with van der Waals surface area (Å²) in [6.07, 6.45) is 0. The Kier molecular flexibility index (Phi) is 5.48. The average molecular weight is 523 g/mol. The largest absolute Gasteiger partial charge is 0.343 e. The monoisotopic (exact) mass is 521 g/mol. The number of carbonyl (C=O) groups excluding carboxylic acids is 1. The van der Waals surface area contributed by atoms with Crippen LogP contribution in [0.3, 0.4) is 0 Å². The van der Waals surface area contributed by atoms with Crippen molar-refractivity contribution in [3.8, 4) is 0 Å². The molecule has 0 heterocycles. The van der Waals surface area contributed by atoms with Gasteiger partial charge in [0.05, 0.1) is 11.1 Å². The number of rotatable bonds is 3. The van der Waals surface area contributed by atoms with Crippen LogP contribution in [0.4, 0.5) is 0 Å². The lowest BCUT2D eigenvalue weighted by Gasteiger charge is -2.27. The van der Waals surface area contributed by atoms with Crippen molar-refractivity contribution >= 4 is 60.4 Å². The molecule has 110 valence electrons. The lowest BCUT2D eigenvalue weighted by atomic mass is 9.94. The Morgan fingerprint density at radius 1 is 1.05 bits per heavy atom. The highest BCUT2D eigenvalue weighted by Crippen LogP contribution is 2.24. The molecule has 0 bridgehead atoms. The molecule has 0 saturated heterocycles. The Balaban J connectivity index is 2.25. The van der Waals surface area contributed by atoms with Gasteiger partial charge in [-0.2, -0.15) is 0 Å². The van der Waals surface area contributed by atoms with Crippen molar-refractivity contribution in [2.45, 2.75) is 19.4 Å². The molecule has 2 aromatic carbocycles. The van der Waals surface area contributed by atoms with Gasteiger partial charge >= 0.3 is 0 Å². The Morgan fingerprint density at radius 2 is 1.62 bits per heavy atom. The molecule has 0 saturated carbocycles. The maximum absolute atomic E-state index is 12.5. The third-order valence-electron chi connectivity index (χ3n) is 3.16. The maximum atomic E-state index is 12.5. The number of hydrogen-bond acceptors (Lipinski definition) is 1. The molecule has 0 radical (unpaired) electrons. The normalized spacial score (nSPS) is 11.3. The zero-order valence-corrected chi connectivity index (χ0v) is 16.9. The van der Waals surface area contributed by atoms with Gasteiger partial charge in [-0.1, -0.05) is 44.0 Å². The van der Waals surface area contributed by atoms with Crippen LogP contribution in [0.15, 0.2) is 51.4 Å². The summed E-state index contributed by atoms with van der Waals surface area (Å²) < 4.78 is 2.85. The van der Waals surface area contributed by atoms with E-state index < -0.39 is 5.54 Å². The second-order valence-electron chi connectivity index (χ2n) is 5.21. The summed E-state index contributed by atoms with van der Waals surface area (Å²) in [6, 6.07) is 13.7. The molecule has 0 aliphatic carbocycles. The van der Waals surface area contributed by atoms with E-state index in [-0.39, 0.29) is 5.91 Å². The van der Waals surface area contributed by atoms with E-state index in [1.54, 1.807) is 0 Å². The molecule has 0 aliphatic heterocycles. The van der Waals surface area contributed by atoms with Crippen LogP contribution in [0.2, 0.25) is 0 Å². The molecule has 0 fully saturated rings. The number of carbonyl (C=O) groups is 1. The number of nitrogens with one attached hydrogen (secondary N) is 1. The summed E-state index contributed by atoms with van der Waals surface area (Å²) >= 11 is 9.01. The Hall–Kier alpha value is -0.400. The highest BCUT2D eigenvalue weighted by molar-refractivity contribution is 14.1. The predicted molar refractivity (Wildman–Crippen MR) is 101 cm³/mol. The van der Waals surface area contributed by atoms with E-state index in [1.165, 1.54) is 0 Å². The zero-order chi connectivity index (χ0) is 15.6. The fourth-order valence-corrected chi connectivity index (χ4v) is 3.17. The fourth-order valence-electron chi connectivity index (χ4n) is 1.96. The van der Waals surface area contributed by atoms with Gasteiger partial charge in [0.25, 0.3) is 5.91 Å². The van der Waals surface area contributed by atoms with Crippen molar-refractivity contribution in [1.82, 2.24) is 5.32 Å². The first-order valence-electron chi connectivity index (χ1n) is 6.33. The smallest absolute Gasteiger partial charge is 0.253 e. The van der Waals surface area contributed by atoms with Crippen molar-refractivity contribution in [1.29, 1.82) is 0 Å². The van der Waals surface area contributed by atoms with Gasteiger partial charge in [-0.25, -0.2) is 0 Å². The van der Waals surface area contributed by atoms with Crippen LogP contribution in [-0.4, -0.2) is 5.91 Å². The van der Waals surface area contributed by atoms with E-state index in [0.717, 1.165) is 18.1 Å². The fraction of sp³-hybridized carbons (Fsp3) is 0.188. The molecule has 5 heteroatoms. The second kappa shape index (κ2) is 6.79. The number of amides is 1. The number of halogens is 3. The molecule has 0 aliphatic rings. The first-order chi connectivity index (χ1) is 9.79. The highest BCUT2D eigenvalue weighted by atomic mass is 127. The summed E-state index contributed by atoms with van der Waals surface area (Å²) in [5, 5.41) is 3.10. The minimum atomic E-state index is -0.441. The Morgan fingerprint density at radius 3 is 2.24 bits per heavy atom. The van der Waals surface area contributed by atoms with Crippen LogP contribution in [0, 0.1) is 3.57 Å². The number of benzene rings is 2. The topological polar surface area (TPSA) is 29.1 Å². The molecule has 0 aromatic heterocycles. The summed E-state index contributed by atoms with van der Waals surface area (Å²) in [7, 11) is 0. The van der Waals surface area contributed by atoms with Crippen LogP contribution >= 0.6 is 54.5 Å². The van der Waals surface area contributed by atoms with E-state index in [0.29, 0.717) is 5.56 Å². The molecular formula is C16H14Br2INO. The predicted octanol–water partition coefficient (Wildman–Crippen LogP) is 5.48. The van der Waals surface area contributed by atoms with Gasteiger partial charge in [-0.15, -0.1) is 0 Å². The summed E-state index contributed by atoms with van der Waals surface area (Å²) in [6.45, 7) is 4.00. The molecule has 1 N–H and O–H groups in total. The van der Waals surface area contributed by atoms with Gasteiger partial charge in [0.1, 0.15) is 0 Å². The second-order valence-corrected chi connectivity index (χ2v) is 8.20. The summed E-state index contributed by atoms with van der Waals surface area (Å²) in [5.74, 6) is -0.0754. The lowest BCUT2D eigenvalue weighted by molar-refractivity contribution is 0.0911. The molecule has 2 aromatic rings. The van der Waals surface area contributed by atoms with Crippen LogP contribution in [0.1, 0.15) is 29.8 Å². The average Bonchev–Trinajstić information content (AvgIpc) is 2.41. The lowest BCUT2D eigenvalue weighted by Crippen LogP contribution is -2.41. The number of hydrogen-bond donors (Lipinski definition) is 1. The van der Waals surface area contributed by atoms with Crippen molar-refractivity contribution in [2.75, 3.05) is 0 Å². The zero-order valence-electron chi connectivity index (χ0n) is 11.6. The minimum Gasteiger partial charge on any atom is -0.343 e. The van der Waals surface area contributed by atoms with Gasteiger partial charge < -0.3 is 5.32 Å². The van der Waals surface area contributed by atoms with E-state index in [1.807, 2.05) is 56.3 Å². The van der Waals surface area contributed by atoms with Crippen molar-refractivity contribution in [3.05, 3.63) is 66.1 Å². The molecular weight excluding hydrogens is 509 g/mol. The summed E-state index contributed by atoms with van der Waals surface area (Å²) in [5.41, 5.74) is 1.29. The van der Waals surface area contributed by atoms with Gasteiger partial charge in [0.15, 0.2) is 0 Å². The van der Waals surface area contributed by atoms with Gasteiger partial charge in [0, 0.05) is 12.5 Å². The molecule has 0 spiro atoms. The SMILES string of the molecule is CC(C)(NC(=O)c1cc(Br)ccc1I)c1ccc(Br)cc1. The van der Waals surface area contributed by atoms with Crippen molar-refractivity contribution in [2.24, 2.45) is 0 Å². The summed E-state index contributed by atoms with van der Waals surface area (Å²) in [4.78, 5) is 12.5. The van der Waals surface area contributed by atoms with E-state index in [9.17, 15) is 4.79 Å². The highest BCUT2D eigenvalue weighted by Gasteiger charge is 2.24. The van der Waals surface area contributed by atoms with Gasteiger partial charge in [-0.05, 0) is 72.3 Å². The van der Waals surface area contributed by atoms with E-state index in [2.05, 4.69) is 59.8 Å². The molecule has 0 atom stereocenters. The first-order valence-corrected chi connectivity index (χ1v) is 9.00. The van der Waals surface area contributed by atoms with E-state index in [4.69, 9.17) is 0 Å². The molecule has 21 heavy (non-hydrogen) atoms. The third-order valence-corrected chi connectivity index (χ3v) is 5.13. The Labute approximate surface area is 155 Å². The van der Waals surface area contributed by atoms with Gasteiger partial charge in [-0.3, -0.25) is 4.79 Å². The van der Waals surface area contributed by atoms with Crippen molar-refractivity contribution < 1.29 is 4.79 Å². The standard InChI is InChI=1S/C16H14Br2INO/c1-16(2,10-3-5-11(17)6-4-10)20-15(21)13-9-12(18)7-8-14(13)19/h3-9H,1-2H3,(H,20,21). The molecule has 0 unspecified atom stereocenters. The van der Waals surface area contributed by atoms with Crippen LogP contribution in [0.5, 0.6) is 0 Å². The van der Waals surface area contributed by atoms with Crippen LogP contribution < -0.4 is 5.32 Å². The molecule has 2 rings (SSSR count). The molecule has 1 amide bonds.